The van der Waals surface area contributed by atoms with Gasteiger partial charge >= 0.3 is 0 Å². The molecule has 2 fully saturated rings. The van der Waals surface area contributed by atoms with E-state index >= 15 is 0 Å². The quantitative estimate of drug-likeness (QED) is 0.354. The number of ether oxygens (including phenoxy) is 1. The third kappa shape index (κ3) is 7.91. The van der Waals surface area contributed by atoms with Crippen LogP contribution in [0.2, 0.25) is 0 Å². The van der Waals surface area contributed by atoms with Gasteiger partial charge in [0.05, 0.1) is 16.9 Å². The summed E-state index contributed by atoms with van der Waals surface area (Å²) < 4.78 is 50.0. The van der Waals surface area contributed by atoms with Crippen LogP contribution in [0.15, 0.2) is 42.7 Å². The minimum Gasteiger partial charge on any atom is -0.435 e. The van der Waals surface area contributed by atoms with Gasteiger partial charge in [-0.15, -0.1) is 0 Å². The number of nitrogens with zero attached hydrogens (tertiary/aromatic N) is 3. The summed E-state index contributed by atoms with van der Waals surface area (Å²) in [6, 6.07) is 7.50. The Bertz CT molecular complexity index is 1210. The van der Waals surface area contributed by atoms with Crippen molar-refractivity contribution in [3.63, 3.8) is 0 Å². The van der Waals surface area contributed by atoms with Crippen molar-refractivity contribution in [1.29, 1.82) is 0 Å². The zero-order valence-corrected chi connectivity index (χ0v) is 22.1. The van der Waals surface area contributed by atoms with Crippen molar-refractivity contribution in [3.8, 4) is 22.9 Å². The number of rotatable bonds is 7. The number of piperidine rings is 1. The SMILES string of the molecule is C1CCNCC1.Nc1nccc(-c2cccnc2Oc2ccc(NS(=O)CC3CCCCC3)c(F)c2F)n1. The fourth-order valence-corrected chi connectivity index (χ4v) is 5.77. The van der Waals surface area contributed by atoms with Crippen molar-refractivity contribution in [1.82, 2.24) is 20.3 Å². The molecule has 0 bridgehead atoms. The number of halogens is 2. The predicted octanol–water partition coefficient (Wildman–Crippen LogP) is 5.61. The molecule has 3 heterocycles. The highest BCUT2D eigenvalue weighted by atomic mass is 32.2. The van der Waals surface area contributed by atoms with Gasteiger partial charge < -0.3 is 20.5 Å². The molecule has 8 nitrogen and oxygen atoms in total. The van der Waals surface area contributed by atoms with Gasteiger partial charge in [0.15, 0.2) is 11.6 Å². The first-order valence-corrected chi connectivity index (χ1v) is 14.4. The first kappa shape index (κ1) is 27.8. The van der Waals surface area contributed by atoms with Gasteiger partial charge in [-0.2, -0.15) is 4.39 Å². The highest BCUT2D eigenvalue weighted by molar-refractivity contribution is 7.86. The zero-order valence-electron chi connectivity index (χ0n) is 21.3. The molecule has 11 heteroatoms. The maximum atomic E-state index is 14.7. The molecule has 2 aromatic heterocycles. The normalized spacial score (nSPS) is 16.7. The van der Waals surface area contributed by atoms with Gasteiger partial charge in [0.2, 0.25) is 17.6 Å². The van der Waals surface area contributed by atoms with Gasteiger partial charge in [-0.1, -0.05) is 25.7 Å². The molecule has 204 valence electrons. The second kappa shape index (κ2) is 14.1. The van der Waals surface area contributed by atoms with Crippen molar-refractivity contribution in [2.45, 2.75) is 51.4 Å². The molecule has 1 atom stereocenters. The highest BCUT2D eigenvalue weighted by Gasteiger charge is 2.21. The summed E-state index contributed by atoms with van der Waals surface area (Å²) in [7, 11) is -1.50. The first-order valence-electron chi connectivity index (χ1n) is 13.1. The van der Waals surface area contributed by atoms with Crippen LogP contribution in [0.3, 0.4) is 0 Å². The van der Waals surface area contributed by atoms with E-state index in [1.54, 1.807) is 18.2 Å². The van der Waals surface area contributed by atoms with E-state index in [0.717, 1.165) is 25.7 Å². The summed E-state index contributed by atoms with van der Waals surface area (Å²) in [4.78, 5) is 12.1. The van der Waals surface area contributed by atoms with Crippen molar-refractivity contribution in [3.05, 3.63) is 54.4 Å². The molecule has 5 rings (SSSR count). The average Bonchev–Trinajstić information content (AvgIpc) is 2.95. The minimum atomic E-state index is -1.50. The van der Waals surface area contributed by atoms with E-state index < -0.39 is 22.6 Å². The lowest BCUT2D eigenvalue weighted by Gasteiger charge is -2.21. The Kier molecular flexibility index (Phi) is 10.3. The lowest BCUT2D eigenvalue weighted by molar-refractivity contribution is 0.388. The maximum absolute atomic E-state index is 14.7. The van der Waals surface area contributed by atoms with Gasteiger partial charge in [-0.05, 0) is 75.0 Å². The highest BCUT2D eigenvalue weighted by Crippen LogP contribution is 2.34. The van der Waals surface area contributed by atoms with Crippen LogP contribution < -0.4 is 20.5 Å². The number of benzene rings is 1. The molecule has 1 saturated carbocycles. The average molecular weight is 545 g/mol. The van der Waals surface area contributed by atoms with Gasteiger partial charge in [-0.25, -0.2) is 23.6 Å². The first-order chi connectivity index (χ1) is 18.5. The summed E-state index contributed by atoms with van der Waals surface area (Å²) >= 11 is 0. The van der Waals surface area contributed by atoms with E-state index in [-0.39, 0.29) is 23.3 Å². The summed E-state index contributed by atoms with van der Waals surface area (Å²) in [5.74, 6) is -1.87. The fourth-order valence-electron chi connectivity index (χ4n) is 4.52. The molecule has 1 saturated heterocycles. The van der Waals surface area contributed by atoms with Crippen LogP contribution in [0.25, 0.3) is 11.3 Å². The Balaban J connectivity index is 0.000000494. The van der Waals surface area contributed by atoms with E-state index in [1.165, 1.54) is 63.3 Å². The Labute approximate surface area is 224 Å². The standard InChI is InChI=1S/C22H23F2N5O2S.C5H11N/c23-19-17(29-32(30)13-14-5-2-1-3-6-14)8-9-18(20(19)24)31-21-15(7-4-11-26-21)16-10-12-27-22(25)28-16;1-2-4-6-5-3-1/h4,7-12,14,29H,1-3,5-6,13H2,(H2,25,27,28);6H,1-5H2. The predicted molar refractivity (Wildman–Crippen MR) is 146 cm³/mol. The number of hydrogen-bond acceptors (Lipinski definition) is 7. The molecule has 3 aromatic rings. The number of anilines is 2. The van der Waals surface area contributed by atoms with Crippen LogP contribution >= 0.6 is 0 Å². The molecule has 4 N–H and O–H groups in total. The van der Waals surface area contributed by atoms with Gasteiger partial charge in [0.25, 0.3) is 0 Å². The van der Waals surface area contributed by atoms with E-state index in [1.807, 2.05) is 0 Å². The van der Waals surface area contributed by atoms with Crippen LogP contribution in [0.5, 0.6) is 11.6 Å². The van der Waals surface area contributed by atoms with E-state index in [4.69, 9.17) is 10.5 Å². The van der Waals surface area contributed by atoms with Crippen LogP contribution in [0.1, 0.15) is 51.4 Å². The molecular weight excluding hydrogens is 510 g/mol. The molecule has 0 radical (unpaired) electrons. The lowest BCUT2D eigenvalue weighted by Crippen LogP contribution is -2.21. The lowest BCUT2D eigenvalue weighted by atomic mass is 9.91. The second-order valence-corrected chi connectivity index (χ2v) is 10.7. The van der Waals surface area contributed by atoms with E-state index in [9.17, 15) is 13.0 Å². The molecule has 38 heavy (non-hydrogen) atoms. The molecular formula is C27H34F2N6O2S. The third-order valence-corrected chi connectivity index (χ3v) is 7.74. The molecule has 1 unspecified atom stereocenters. The van der Waals surface area contributed by atoms with Gasteiger partial charge in [-0.3, -0.25) is 0 Å². The second-order valence-electron chi connectivity index (χ2n) is 9.43. The third-order valence-electron chi connectivity index (χ3n) is 6.52. The Hall–Kier alpha value is -3.18. The Morgan fingerprint density at radius 1 is 0.974 bits per heavy atom. The minimum absolute atomic E-state index is 0.0329. The zero-order chi connectivity index (χ0) is 26.7. The summed E-state index contributed by atoms with van der Waals surface area (Å²) in [5, 5.41) is 3.28. The largest absolute Gasteiger partial charge is 0.435 e. The van der Waals surface area contributed by atoms with Crippen LogP contribution in [-0.2, 0) is 11.0 Å². The van der Waals surface area contributed by atoms with Gasteiger partial charge in [0.1, 0.15) is 11.0 Å². The van der Waals surface area contributed by atoms with E-state index in [2.05, 4.69) is 25.0 Å². The molecule has 0 amide bonds. The topological polar surface area (TPSA) is 115 Å². The number of nitrogen functional groups attached to an aromatic ring is 1. The number of pyridine rings is 1. The summed E-state index contributed by atoms with van der Waals surface area (Å²) in [6.45, 7) is 2.50. The van der Waals surface area contributed by atoms with E-state index in [0.29, 0.717) is 22.9 Å². The smallest absolute Gasteiger partial charge is 0.228 e. The molecule has 2 aliphatic rings. The maximum Gasteiger partial charge on any atom is 0.228 e. The van der Waals surface area contributed by atoms with Crippen molar-refractivity contribution < 1.29 is 17.7 Å². The number of nitrogens with one attached hydrogen (secondary N) is 2. The fraction of sp³-hybridized carbons (Fsp3) is 0.444. The Morgan fingerprint density at radius 3 is 2.42 bits per heavy atom. The Morgan fingerprint density at radius 2 is 1.74 bits per heavy atom. The summed E-state index contributed by atoms with van der Waals surface area (Å²) in [6.07, 6.45) is 12.6. The summed E-state index contributed by atoms with van der Waals surface area (Å²) in [5.41, 5.74) is 6.33. The van der Waals surface area contributed by atoms with Crippen molar-refractivity contribution >= 4 is 22.6 Å². The molecule has 0 spiro atoms. The van der Waals surface area contributed by atoms with Crippen molar-refractivity contribution in [2.24, 2.45) is 5.92 Å². The van der Waals surface area contributed by atoms with Crippen LogP contribution in [-0.4, -0.2) is 38.0 Å². The molecule has 1 aromatic carbocycles. The number of hydrogen-bond donors (Lipinski definition) is 3. The molecule has 1 aliphatic heterocycles. The van der Waals surface area contributed by atoms with Crippen molar-refractivity contribution in [2.75, 3.05) is 29.3 Å². The van der Waals surface area contributed by atoms with Crippen LogP contribution in [0.4, 0.5) is 20.4 Å². The molecule has 1 aliphatic carbocycles. The van der Waals surface area contributed by atoms with Gasteiger partial charge in [0, 0.05) is 18.1 Å². The number of nitrogens with two attached hydrogens (primary N) is 1. The monoisotopic (exact) mass is 544 g/mol. The number of aromatic nitrogens is 3. The van der Waals surface area contributed by atoms with Crippen LogP contribution in [0, 0.1) is 17.6 Å².